The van der Waals surface area contributed by atoms with Crippen molar-refractivity contribution in [1.29, 1.82) is 0 Å². The van der Waals surface area contributed by atoms with E-state index in [0.717, 1.165) is 10.9 Å². The van der Waals surface area contributed by atoms with E-state index in [4.69, 9.17) is 24.3 Å². The number of fused-ring (bicyclic) bond motifs is 2. The number of ether oxygens (including phenoxy) is 2. The second-order valence-corrected chi connectivity index (χ2v) is 13.0. The van der Waals surface area contributed by atoms with Gasteiger partial charge in [0.1, 0.15) is 36.2 Å². The van der Waals surface area contributed by atoms with Crippen LogP contribution in [0, 0.1) is 0 Å². The molecule has 1 unspecified atom stereocenters. The van der Waals surface area contributed by atoms with Crippen molar-refractivity contribution in [3.05, 3.63) is 95.0 Å². The van der Waals surface area contributed by atoms with Gasteiger partial charge in [-0.25, -0.2) is 9.55 Å². The summed E-state index contributed by atoms with van der Waals surface area (Å²) >= 11 is 0. The SMILES string of the molecule is C[C@H](NP(=O)(OC[C@H]1O[C@@H](n2cnc3c(=O)[nH]c(N)nc32)[C@](C)(O)[C@@H]1O)Oc1cccc2ccccc12)C(=O)OCc1ccccc1. The maximum Gasteiger partial charge on any atom is 0.459 e. The van der Waals surface area contributed by atoms with Crippen LogP contribution in [0.25, 0.3) is 21.9 Å². The fraction of sp³-hybridized carbons (Fsp3) is 0.290. The second kappa shape index (κ2) is 12.9. The van der Waals surface area contributed by atoms with Gasteiger partial charge in [0.05, 0.1) is 12.9 Å². The molecule has 6 atom stereocenters. The maximum absolute atomic E-state index is 14.4. The minimum atomic E-state index is -4.42. The average Bonchev–Trinajstić information content (AvgIpc) is 3.56. The third kappa shape index (κ3) is 6.63. The minimum Gasteiger partial charge on any atom is -0.460 e. The molecule has 2 aromatic heterocycles. The number of aliphatic hydroxyl groups is 2. The number of nitrogens with zero attached hydrogens (tertiary/aromatic N) is 3. The van der Waals surface area contributed by atoms with E-state index in [9.17, 15) is 24.4 Å². The van der Waals surface area contributed by atoms with E-state index < -0.39 is 56.0 Å². The van der Waals surface area contributed by atoms with Gasteiger partial charge in [-0.1, -0.05) is 66.7 Å². The Morgan fingerprint density at radius 1 is 1.17 bits per heavy atom. The van der Waals surface area contributed by atoms with E-state index in [0.29, 0.717) is 5.39 Å². The lowest BCUT2D eigenvalue weighted by Gasteiger charge is -2.27. The van der Waals surface area contributed by atoms with Crippen LogP contribution in [-0.2, 0) is 30.0 Å². The number of aromatic amines is 1. The van der Waals surface area contributed by atoms with Crippen molar-refractivity contribution in [1.82, 2.24) is 24.6 Å². The molecule has 0 bridgehead atoms. The molecule has 15 nitrogen and oxygen atoms in total. The van der Waals surface area contributed by atoms with E-state index in [1.807, 2.05) is 36.4 Å². The molecule has 3 heterocycles. The van der Waals surface area contributed by atoms with Crippen molar-refractivity contribution >= 4 is 41.6 Å². The number of carbonyl (C=O) groups excluding carboxylic acids is 1. The zero-order chi connectivity index (χ0) is 33.3. The van der Waals surface area contributed by atoms with E-state index >= 15 is 0 Å². The van der Waals surface area contributed by atoms with Gasteiger partial charge in [0, 0.05) is 5.39 Å². The summed E-state index contributed by atoms with van der Waals surface area (Å²) in [6.07, 6.45) is -2.93. The molecule has 0 saturated carbocycles. The lowest BCUT2D eigenvalue weighted by molar-refractivity contribution is -0.146. The highest BCUT2D eigenvalue weighted by Crippen LogP contribution is 2.48. The molecule has 1 saturated heterocycles. The van der Waals surface area contributed by atoms with Crippen LogP contribution in [0.5, 0.6) is 5.75 Å². The summed E-state index contributed by atoms with van der Waals surface area (Å²) in [5, 5.41) is 26.5. The quantitative estimate of drug-likeness (QED) is 0.102. The van der Waals surface area contributed by atoms with Gasteiger partial charge >= 0.3 is 13.7 Å². The topological polar surface area (TPSA) is 213 Å². The van der Waals surface area contributed by atoms with Gasteiger partial charge in [-0.05, 0) is 30.9 Å². The molecule has 3 aromatic carbocycles. The first-order valence-corrected chi connectivity index (χ1v) is 16.2. The van der Waals surface area contributed by atoms with Crippen LogP contribution < -0.4 is 20.9 Å². The number of rotatable bonds is 11. The van der Waals surface area contributed by atoms with Gasteiger partial charge in [-0.3, -0.25) is 23.7 Å². The van der Waals surface area contributed by atoms with Crippen LogP contribution in [0.4, 0.5) is 5.95 Å². The Morgan fingerprint density at radius 3 is 2.68 bits per heavy atom. The fourth-order valence-corrected chi connectivity index (χ4v) is 6.82. The van der Waals surface area contributed by atoms with Crippen LogP contribution in [0.15, 0.2) is 83.9 Å². The van der Waals surface area contributed by atoms with Gasteiger partial charge in [-0.15, -0.1) is 0 Å². The number of nitrogens with one attached hydrogen (secondary N) is 2. The Balaban J connectivity index is 1.24. The lowest BCUT2D eigenvalue weighted by Crippen LogP contribution is -2.44. The predicted molar refractivity (Wildman–Crippen MR) is 170 cm³/mol. The first-order valence-electron chi connectivity index (χ1n) is 14.6. The second-order valence-electron chi connectivity index (χ2n) is 11.3. The van der Waals surface area contributed by atoms with Crippen molar-refractivity contribution < 1.29 is 38.1 Å². The molecule has 0 aliphatic carbocycles. The summed E-state index contributed by atoms with van der Waals surface area (Å²) in [6.45, 7) is 2.20. The number of H-pyrrole nitrogens is 1. The molecule has 6 N–H and O–H groups in total. The van der Waals surface area contributed by atoms with Gasteiger partial charge in [0.25, 0.3) is 5.56 Å². The van der Waals surface area contributed by atoms with Gasteiger partial charge in [0.15, 0.2) is 17.4 Å². The Hall–Kier alpha value is -4.63. The summed E-state index contributed by atoms with van der Waals surface area (Å²) < 4.78 is 38.8. The first-order chi connectivity index (χ1) is 22.4. The molecule has 5 aromatic rings. The van der Waals surface area contributed by atoms with Crippen LogP contribution in [0.2, 0.25) is 0 Å². The molecule has 6 rings (SSSR count). The number of hydrogen-bond donors (Lipinski definition) is 5. The van der Waals surface area contributed by atoms with Crippen molar-refractivity contribution in [3.8, 4) is 5.75 Å². The number of carbonyl (C=O) groups is 1. The third-order valence-electron chi connectivity index (χ3n) is 7.76. The molecule has 1 fully saturated rings. The summed E-state index contributed by atoms with van der Waals surface area (Å²) in [6, 6.07) is 20.3. The summed E-state index contributed by atoms with van der Waals surface area (Å²) in [7, 11) is -4.42. The average molecular weight is 665 g/mol. The Kier molecular flexibility index (Phi) is 8.85. The molecule has 16 heteroatoms. The molecule has 47 heavy (non-hydrogen) atoms. The summed E-state index contributed by atoms with van der Waals surface area (Å²) in [5.74, 6) is -0.690. The fourth-order valence-electron chi connectivity index (χ4n) is 5.30. The smallest absolute Gasteiger partial charge is 0.459 e. The number of nitrogens with two attached hydrogens (primary N) is 1. The predicted octanol–water partition coefficient (Wildman–Crippen LogP) is 2.79. The maximum atomic E-state index is 14.4. The summed E-state index contributed by atoms with van der Waals surface area (Å²) in [4.78, 5) is 35.7. The number of anilines is 1. The highest BCUT2D eigenvalue weighted by atomic mass is 31.2. The molecule has 1 aliphatic heterocycles. The van der Waals surface area contributed by atoms with Gasteiger partial charge < -0.3 is 29.9 Å². The molecule has 246 valence electrons. The van der Waals surface area contributed by atoms with E-state index in [2.05, 4.69) is 20.0 Å². The molecule has 1 aliphatic rings. The van der Waals surface area contributed by atoms with Gasteiger partial charge in [-0.2, -0.15) is 10.1 Å². The number of aliphatic hydroxyl groups excluding tert-OH is 1. The Morgan fingerprint density at radius 2 is 1.89 bits per heavy atom. The minimum absolute atomic E-state index is 0.00504. The number of aromatic nitrogens is 4. The number of nitrogen functional groups attached to an aromatic ring is 1. The largest absolute Gasteiger partial charge is 0.460 e. The van der Waals surface area contributed by atoms with Crippen molar-refractivity contribution in [3.63, 3.8) is 0 Å². The Labute approximate surface area is 267 Å². The number of benzene rings is 3. The van der Waals surface area contributed by atoms with E-state index in [1.165, 1.54) is 24.7 Å². The van der Waals surface area contributed by atoms with Crippen LogP contribution >= 0.6 is 7.75 Å². The van der Waals surface area contributed by atoms with Gasteiger partial charge in [0.2, 0.25) is 5.95 Å². The third-order valence-corrected chi connectivity index (χ3v) is 9.39. The van der Waals surface area contributed by atoms with Crippen LogP contribution in [0.3, 0.4) is 0 Å². The summed E-state index contributed by atoms with van der Waals surface area (Å²) in [5.41, 5.74) is 3.88. The zero-order valence-electron chi connectivity index (χ0n) is 25.3. The zero-order valence-corrected chi connectivity index (χ0v) is 26.2. The number of esters is 1. The highest BCUT2D eigenvalue weighted by Gasteiger charge is 2.54. The highest BCUT2D eigenvalue weighted by molar-refractivity contribution is 7.52. The molecular formula is C31H33N6O9P. The Bertz CT molecular complexity index is 2010. The van der Waals surface area contributed by atoms with Crippen LogP contribution in [-0.4, -0.2) is 66.2 Å². The van der Waals surface area contributed by atoms with Crippen molar-refractivity contribution in [2.24, 2.45) is 0 Å². The van der Waals surface area contributed by atoms with E-state index in [1.54, 1.807) is 36.4 Å². The molecule has 0 radical (unpaired) electrons. The normalized spacial score (nSPS) is 23.0. The molecule has 0 spiro atoms. The standard InChI is InChI=1S/C31H33N6O9P/c1-18(28(40)43-15-19-9-4-3-5-10-19)36-47(42,46-22-14-8-12-20-11-6-7-13-21(20)22)44-16-23-25(38)31(2,41)29(45-23)37-17-33-24-26(37)34-30(32)35-27(24)39/h3-14,17-18,23,25,29,38,41H,15-16H2,1-2H3,(H,36,42)(H3,32,34,35,39)/t18-,23+,25+,29+,31+,47?/m0/s1. The molecular weight excluding hydrogens is 631 g/mol. The lowest BCUT2D eigenvalue weighted by atomic mass is 9.96. The number of imidazole rings is 1. The van der Waals surface area contributed by atoms with E-state index in [-0.39, 0.29) is 29.5 Å². The van der Waals surface area contributed by atoms with Crippen molar-refractivity contribution in [2.45, 2.75) is 50.5 Å². The number of hydrogen-bond acceptors (Lipinski definition) is 12. The first kappa shape index (κ1) is 32.3. The monoisotopic (exact) mass is 664 g/mol. The van der Waals surface area contributed by atoms with Crippen molar-refractivity contribution in [2.75, 3.05) is 12.3 Å². The molecule has 0 amide bonds. The van der Waals surface area contributed by atoms with Crippen LogP contribution in [0.1, 0.15) is 25.6 Å².